The summed E-state index contributed by atoms with van der Waals surface area (Å²) in [5.41, 5.74) is 3.21. The molecule has 1 atom stereocenters. The number of carbonyl (C=O) groups is 2. The SMILES string of the molecule is CC1=C(C(=O)Nc2ccc(C)cc2)[C@H](c2ccc(Cl)cc2Cl)NC(=O)N1. The Morgan fingerprint density at radius 1 is 1.08 bits per heavy atom. The lowest BCUT2D eigenvalue weighted by atomic mass is 9.94. The van der Waals surface area contributed by atoms with Crippen LogP contribution in [0, 0.1) is 6.92 Å². The zero-order valence-corrected chi connectivity index (χ0v) is 15.7. The quantitative estimate of drug-likeness (QED) is 0.719. The van der Waals surface area contributed by atoms with Crippen LogP contribution in [0.25, 0.3) is 0 Å². The van der Waals surface area contributed by atoms with Gasteiger partial charge in [0.05, 0.1) is 11.6 Å². The van der Waals surface area contributed by atoms with Crippen molar-refractivity contribution in [1.29, 1.82) is 0 Å². The first-order chi connectivity index (χ1) is 12.3. The summed E-state index contributed by atoms with van der Waals surface area (Å²) in [6, 6.07) is 11.3. The lowest BCUT2D eigenvalue weighted by Gasteiger charge is -2.29. The summed E-state index contributed by atoms with van der Waals surface area (Å²) in [6.45, 7) is 3.65. The largest absolute Gasteiger partial charge is 0.327 e. The number of rotatable bonds is 3. The second-order valence-electron chi connectivity index (χ2n) is 6.06. The van der Waals surface area contributed by atoms with E-state index in [4.69, 9.17) is 23.2 Å². The van der Waals surface area contributed by atoms with Gasteiger partial charge in [-0.2, -0.15) is 0 Å². The summed E-state index contributed by atoms with van der Waals surface area (Å²) >= 11 is 12.3. The second-order valence-corrected chi connectivity index (χ2v) is 6.90. The van der Waals surface area contributed by atoms with Crippen molar-refractivity contribution in [2.75, 3.05) is 5.32 Å². The Kier molecular flexibility index (Phi) is 5.20. The molecule has 0 bridgehead atoms. The van der Waals surface area contributed by atoms with Crippen LogP contribution in [0.1, 0.15) is 24.1 Å². The van der Waals surface area contributed by atoms with Gasteiger partial charge in [0.25, 0.3) is 5.91 Å². The van der Waals surface area contributed by atoms with Crippen LogP contribution in [0.3, 0.4) is 0 Å². The molecule has 5 nitrogen and oxygen atoms in total. The topological polar surface area (TPSA) is 70.2 Å². The number of benzene rings is 2. The highest BCUT2D eigenvalue weighted by atomic mass is 35.5. The summed E-state index contributed by atoms with van der Waals surface area (Å²) in [5, 5.41) is 9.10. The third kappa shape index (κ3) is 3.84. The van der Waals surface area contributed by atoms with Crippen LogP contribution in [0.15, 0.2) is 53.7 Å². The first-order valence-corrected chi connectivity index (χ1v) is 8.72. The molecule has 2 aromatic carbocycles. The molecule has 0 aliphatic carbocycles. The molecular weight excluding hydrogens is 373 g/mol. The molecule has 3 rings (SSSR count). The number of carbonyl (C=O) groups excluding carboxylic acids is 2. The number of halogens is 2. The maximum absolute atomic E-state index is 12.9. The van der Waals surface area contributed by atoms with Gasteiger partial charge in [0.2, 0.25) is 0 Å². The summed E-state index contributed by atoms with van der Waals surface area (Å²) in [6.07, 6.45) is 0. The molecule has 0 radical (unpaired) electrons. The molecular formula is C19H17Cl2N3O2. The summed E-state index contributed by atoms with van der Waals surface area (Å²) < 4.78 is 0. The number of allylic oxidation sites excluding steroid dienone is 1. The molecule has 1 aliphatic heterocycles. The first-order valence-electron chi connectivity index (χ1n) is 7.96. The Hall–Kier alpha value is -2.50. The predicted molar refractivity (Wildman–Crippen MR) is 103 cm³/mol. The number of hydrogen-bond acceptors (Lipinski definition) is 2. The molecule has 1 aliphatic rings. The fourth-order valence-corrected chi connectivity index (χ4v) is 3.32. The van der Waals surface area contributed by atoms with Crippen LogP contribution in [-0.4, -0.2) is 11.9 Å². The zero-order chi connectivity index (χ0) is 18.8. The van der Waals surface area contributed by atoms with Gasteiger partial charge in [-0.3, -0.25) is 4.79 Å². The minimum atomic E-state index is -0.682. The van der Waals surface area contributed by atoms with Gasteiger partial charge in [-0.05, 0) is 43.7 Å². The predicted octanol–water partition coefficient (Wildman–Crippen LogP) is 4.57. The monoisotopic (exact) mass is 389 g/mol. The third-order valence-corrected chi connectivity index (χ3v) is 4.66. The molecule has 0 saturated carbocycles. The maximum atomic E-state index is 12.9. The van der Waals surface area contributed by atoms with Crippen LogP contribution >= 0.6 is 23.2 Å². The Bertz CT molecular complexity index is 908. The van der Waals surface area contributed by atoms with E-state index < -0.39 is 12.1 Å². The van der Waals surface area contributed by atoms with Crippen molar-refractivity contribution in [1.82, 2.24) is 10.6 Å². The molecule has 0 spiro atoms. The molecule has 2 aromatic rings. The van der Waals surface area contributed by atoms with Gasteiger partial charge >= 0.3 is 6.03 Å². The van der Waals surface area contributed by atoms with Crippen molar-refractivity contribution >= 4 is 40.8 Å². The van der Waals surface area contributed by atoms with Crippen LogP contribution < -0.4 is 16.0 Å². The standard InChI is InChI=1S/C19H17Cl2N3O2/c1-10-3-6-13(7-4-10)23-18(25)16-11(2)22-19(26)24-17(16)14-8-5-12(20)9-15(14)21/h3-9,17H,1-2H3,(H,23,25)(H2,22,24,26)/t17-/m0/s1. The van der Waals surface area contributed by atoms with Crippen LogP contribution in [0.4, 0.5) is 10.5 Å². The average Bonchev–Trinajstić information content (AvgIpc) is 2.56. The molecule has 7 heteroatoms. The van der Waals surface area contributed by atoms with Crippen molar-refractivity contribution in [2.45, 2.75) is 19.9 Å². The molecule has 0 fully saturated rings. The van der Waals surface area contributed by atoms with Crippen molar-refractivity contribution < 1.29 is 9.59 Å². The second kappa shape index (κ2) is 7.40. The van der Waals surface area contributed by atoms with Crippen molar-refractivity contribution in [2.24, 2.45) is 0 Å². The highest BCUT2D eigenvalue weighted by molar-refractivity contribution is 6.35. The van der Waals surface area contributed by atoms with Gasteiger partial charge in [0.15, 0.2) is 0 Å². The number of hydrogen-bond donors (Lipinski definition) is 3. The molecule has 0 aromatic heterocycles. The van der Waals surface area contributed by atoms with E-state index in [9.17, 15) is 9.59 Å². The van der Waals surface area contributed by atoms with Crippen molar-refractivity contribution in [3.8, 4) is 0 Å². The first kappa shape index (κ1) is 18.3. The fraction of sp³-hybridized carbons (Fsp3) is 0.158. The number of urea groups is 1. The van der Waals surface area contributed by atoms with Gasteiger partial charge < -0.3 is 16.0 Å². The summed E-state index contributed by atoms with van der Waals surface area (Å²) in [4.78, 5) is 24.8. The number of amides is 3. The van der Waals surface area contributed by atoms with E-state index in [-0.39, 0.29) is 5.91 Å². The highest BCUT2D eigenvalue weighted by Crippen LogP contribution is 2.33. The minimum absolute atomic E-state index is 0.324. The molecule has 26 heavy (non-hydrogen) atoms. The van der Waals surface area contributed by atoms with Gasteiger partial charge in [0, 0.05) is 21.4 Å². The molecule has 0 saturated heterocycles. The van der Waals surface area contributed by atoms with Gasteiger partial charge in [-0.25, -0.2) is 4.79 Å². The maximum Gasteiger partial charge on any atom is 0.319 e. The Balaban J connectivity index is 1.97. The van der Waals surface area contributed by atoms with E-state index in [1.165, 1.54) is 0 Å². The lowest BCUT2D eigenvalue weighted by Crippen LogP contribution is -2.46. The smallest absolute Gasteiger partial charge is 0.319 e. The molecule has 0 unspecified atom stereocenters. The number of aryl methyl sites for hydroxylation is 1. The van der Waals surface area contributed by atoms with Crippen molar-refractivity contribution in [3.05, 3.63) is 74.9 Å². The number of anilines is 1. The Morgan fingerprint density at radius 2 is 1.77 bits per heavy atom. The van der Waals surface area contributed by atoms with E-state index in [0.29, 0.717) is 32.6 Å². The van der Waals surface area contributed by atoms with Gasteiger partial charge in [0.1, 0.15) is 0 Å². The van der Waals surface area contributed by atoms with E-state index in [1.54, 1.807) is 25.1 Å². The van der Waals surface area contributed by atoms with E-state index in [0.717, 1.165) is 5.56 Å². The van der Waals surface area contributed by atoms with Crippen LogP contribution in [-0.2, 0) is 4.79 Å². The summed E-state index contributed by atoms with van der Waals surface area (Å²) in [7, 11) is 0. The zero-order valence-electron chi connectivity index (χ0n) is 14.2. The lowest BCUT2D eigenvalue weighted by molar-refractivity contribution is -0.113. The van der Waals surface area contributed by atoms with E-state index >= 15 is 0 Å². The van der Waals surface area contributed by atoms with E-state index in [2.05, 4.69) is 16.0 Å². The fourth-order valence-electron chi connectivity index (χ4n) is 2.80. The molecule has 1 heterocycles. The highest BCUT2D eigenvalue weighted by Gasteiger charge is 2.32. The number of nitrogens with one attached hydrogen (secondary N) is 3. The third-order valence-electron chi connectivity index (χ3n) is 4.10. The average molecular weight is 390 g/mol. The summed E-state index contributed by atoms with van der Waals surface area (Å²) in [5.74, 6) is -0.324. The van der Waals surface area contributed by atoms with Crippen molar-refractivity contribution in [3.63, 3.8) is 0 Å². The van der Waals surface area contributed by atoms with Gasteiger partial charge in [-0.1, -0.05) is 47.0 Å². The minimum Gasteiger partial charge on any atom is -0.327 e. The molecule has 3 N–H and O–H groups in total. The van der Waals surface area contributed by atoms with E-state index in [1.807, 2.05) is 31.2 Å². The van der Waals surface area contributed by atoms with Gasteiger partial charge in [-0.15, -0.1) is 0 Å². The molecule has 134 valence electrons. The molecule has 3 amide bonds. The van der Waals surface area contributed by atoms with Crippen LogP contribution in [0.2, 0.25) is 10.0 Å². The Morgan fingerprint density at radius 3 is 2.42 bits per heavy atom. The normalized spacial score (nSPS) is 16.8. The van der Waals surface area contributed by atoms with Crippen LogP contribution in [0.5, 0.6) is 0 Å². The Labute approximate surface area is 161 Å².